The maximum absolute atomic E-state index is 12.9. The molecule has 0 rings (SSSR count). The van der Waals surface area contributed by atoms with Gasteiger partial charge in [-0.3, -0.25) is 9.59 Å². The molecular weight excluding hydrogens is 1050 g/mol. The number of quaternary nitrogens is 1. The number of hydrogen-bond donors (Lipinski definition) is 0. The van der Waals surface area contributed by atoms with Crippen LogP contribution in [0.5, 0.6) is 0 Å². The molecule has 0 aromatic rings. The van der Waals surface area contributed by atoms with Crippen molar-refractivity contribution in [2.45, 2.75) is 283 Å². The second-order valence-corrected chi connectivity index (χ2v) is 23.7. The van der Waals surface area contributed by atoms with Gasteiger partial charge >= 0.3 is 11.9 Å². The van der Waals surface area contributed by atoms with Gasteiger partial charge in [0, 0.05) is 12.8 Å². The van der Waals surface area contributed by atoms with Gasteiger partial charge in [0.2, 0.25) is 0 Å². The minimum atomic E-state index is -1.63. The SMILES string of the molecule is CC/C=C\C/C=C\C/C=C\C/C=C\C/C=C\C/C=C\C/C=C\CCCCCCCCCCCCCCCCCC(=O)OC(COC(=O)CCCCCCCCCCCC/C=C\C/C=C\C/C=C\C/C=C\CC)COC(OCC[N+](C)(C)C)C(=O)[O-]. The minimum absolute atomic E-state index is 0.142. The molecule has 2 unspecified atom stereocenters. The Kier molecular flexibility index (Phi) is 61.9. The molecule has 9 heteroatoms. The first-order valence-corrected chi connectivity index (χ1v) is 34.3. The number of unbranched alkanes of at least 4 members (excludes halogenated alkanes) is 25. The highest BCUT2D eigenvalue weighted by molar-refractivity contribution is 5.70. The highest BCUT2D eigenvalue weighted by Gasteiger charge is 2.22. The van der Waals surface area contributed by atoms with E-state index >= 15 is 0 Å². The Hall–Kier alpha value is -4.57. The summed E-state index contributed by atoms with van der Waals surface area (Å²) >= 11 is 0. The van der Waals surface area contributed by atoms with Crippen molar-refractivity contribution in [2.24, 2.45) is 0 Å². The molecule has 0 radical (unpaired) electrons. The number of carboxylic acids is 1. The third kappa shape index (κ3) is 66.8. The zero-order valence-corrected chi connectivity index (χ0v) is 55.2. The second kappa shape index (κ2) is 65.4. The number of nitrogens with zero attached hydrogens (tertiary/aromatic N) is 1. The Morgan fingerprint density at radius 2 is 0.635 bits per heavy atom. The average Bonchev–Trinajstić information content (AvgIpc) is 3.48. The predicted octanol–water partition coefficient (Wildman–Crippen LogP) is 20.0. The van der Waals surface area contributed by atoms with E-state index in [0.717, 1.165) is 122 Å². The van der Waals surface area contributed by atoms with Gasteiger partial charge in [-0.15, -0.1) is 0 Å². The quantitative estimate of drug-likeness (QED) is 0.0195. The summed E-state index contributed by atoms with van der Waals surface area (Å²) in [6, 6.07) is 0. The fraction of sp³-hybridized carbons (Fsp3) is 0.671. The molecule has 85 heavy (non-hydrogen) atoms. The maximum Gasteiger partial charge on any atom is 0.306 e. The summed E-state index contributed by atoms with van der Waals surface area (Å²) in [5.74, 6) is -2.29. The largest absolute Gasteiger partial charge is 0.545 e. The van der Waals surface area contributed by atoms with Crippen molar-refractivity contribution < 1.29 is 42.9 Å². The van der Waals surface area contributed by atoms with Gasteiger partial charge in [0.1, 0.15) is 13.2 Å². The van der Waals surface area contributed by atoms with Crippen LogP contribution in [0.15, 0.2) is 134 Å². The number of carbonyl (C=O) groups excluding carboxylic acids is 3. The lowest BCUT2D eigenvalue weighted by Gasteiger charge is -2.26. The summed E-state index contributed by atoms with van der Waals surface area (Å²) in [6.45, 7) is 4.52. The number of ether oxygens (including phenoxy) is 4. The van der Waals surface area contributed by atoms with Crippen LogP contribution >= 0.6 is 0 Å². The zero-order valence-electron chi connectivity index (χ0n) is 55.2. The van der Waals surface area contributed by atoms with Gasteiger partial charge in [-0.2, -0.15) is 0 Å². The molecule has 0 saturated carbocycles. The maximum atomic E-state index is 12.9. The van der Waals surface area contributed by atoms with E-state index in [9.17, 15) is 19.5 Å². The van der Waals surface area contributed by atoms with Crippen molar-refractivity contribution in [1.82, 2.24) is 0 Å². The third-order valence-electron chi connectivity index (χ3n) is 14.4. The zero-order chi connectivity index (χ0) is 61.9. The normalized spacial score (nSPS) is 13.6. The van der Waals surface area contributed by atoms with E-state index in [1.54, 1.807) is 0 Å². The van der Waals surface area contributed by atoms with Crippen LogP contribution in [0.2, 0.25) is 0 Å². The summed E-state index contributed by atoms with van der Waals surface area (Å²) < 4.78 is 22.8. The number of esters is 2. The van der Waals surface area contributed by atoms with Gasteiger partial charge in [0.05, 0.1) is 40.3 Å². The highest BCUT2D eigenvalue weighted by Crippen LogP contribution is 2.17. The number of allylic oxidation sites excluding steroid dienone is 22. The first kappa shape index (κ1) is 80.4. The van der Waals surface area contributed by atoms with Crippen LogP contribution in [-0.2, 0) is 33.3 Å². The Morgan fingerprint density at radius 3 is 0.941 bits per heavy atom. The molecule has 9 nitrogen and oxygen atoms in total. The standard InChI is InChI=1S/C76H127NO8/c1-6-8-10-12-14-16-18-20-22-24-26-28-30-31-32-33-34-35-36-37-38-39-40-41-42-43-45-47-49-51-53-55-57-59-61-63-65-67-74(79)85-72(71-84-76(75(80)81)82-69-68-77(3,4)5)70-83-73(78)66-64-62-60-58-56-54-52-50-48-46-44-29-27-25-23-21-19-17-15-13-11-9-7-2/h8-11,14-17,20-23,26-29,31-32,34-35,37-38,72,76H,6-7,12-13,18-19,24-25,30,33,36,39-71H2,1-5H3/b10-8-,11-9-,16-14-,17-15-,22-20-,23-21-,28-26-,29-27-,32-31-,35-34-,38-37-. The Labute approximate surface area is 522 Å². The first-order valence-electron chi connectivity index (χ1n) is 34.3. The molecule has 0 aromatic heterocycles. The molecule has 0 aliphatic heterocycles. The molecule has 0 aliphatic rings. The van der Waals surface area contributed by atoms with Crippen LogP contribution in [0.4, 0.5) is 0 Å². The van der Waals surface area contributed by atoms with Gasteiger partial charge in [-0.05, 0) is 109 Å². The van der Waals surface area contributed by atoms with Gasteiger partial charge in [0.25, 0.3) is 0 Å². The summed E-state index contributed by atoms with van der Waals surface area (Å²) in [5, 5.41) is 11.8. The monoisotopic (exact) mass is 1180 g/mol. The van der Waals surface area contributed by atoms with Crippen LogP contribution < -0.4 is 5.11 Å². The summed E-state index contributed by atoms with van der Waals surface area (Å²) in [4.78, 5) is 37.5. The van der Waals surface area contributed by atoms with Gasteiger partial charge in [0.15, 0.2) is 12.4 Å². The second-order valence-electron chi connectivity index (χ2n) is 23.7. The van der Waals surface area contributed by atoms with E-state index in [1.165, 1.54) is 116 Å². The predicted molar refractivity (Wildman–Crippen MR) is 361 cm³/mol. The molecule has 0 aromatic carbocycles. The smallest absolute Gasteiger partial charge is 0.306 e. The van der Waals surface area contributed by atoms with Crippen molar-refractivity contribution in [2.75, 3.05) is 47.5 Å². The first-order chi connectivity index (χ1) is 41.6. The van der Waals surface area contributed by atoms with Crippen LogP contribution in [0.1, 0.15) is 271 Å². The molecule has 0 bridgehead atoms. The Morgan fingerprint density at radius 1 is 0.353 bits per heavy atom. The van der Waals surface area contributed by atoms with Crippen LogP contribution in [0, 0.1) is 0 Å². The average molecular weight is 1180 g/mol. The van der Waals surface area contributed by atoms with E-state index in [0.29, 0.717) is 17.4 Å². The summed E-state index contributed by atoms with van der Waals surface area (Å²) in [7, 11) is 5.92. The Balaban J connectivity index is 4.12. The fourth-order valence-electron chi connectivity index (χ4n) is 9.22. The summed E-state index contributed by atoms with van der Waals surface area (Å²) in [6.07, 6.45) is 90.9. The number of carboxylic acid groups (broad SMARTS) is 1. The highest BCUT2D eigenvalue weighted by atomic mass is 16.7. The summed E-state index contributed by atoms with van der Waals surface area (Å²) in [5.41, 5.74) is 0. The number of likely N-dealkylation sites (N-methyl/N-ethyl adjacent to an activating group) is 1. The van der Waals surface area contributed by atoms with Crippen molar-refractivity contribution in [3.05, 3.63) is 134 Å². The van der Waals surface area contributed by atoms with E-state index < -0.39 is 24.3 Å². The van der Waals surface area contributed by atoms with E-state index in [4.69, 9.17) is 18.9 Å². The minimum Gasteiger partial charge on any atom is -0.545 e. The molecule has 484 valence electrons. The third-order valence-corrected chi connectivity index (χ3v) is 14.4. The topological polar surface area (TPSA) is 111 Å². The fourth-order valence-corrected chi connectivity index (χ4v) is 9.22. The van der Waals surface area contributed by atoms with Crippen molar-refractivity contribution >= 4 is 17.9 Å². The molecule has 2 atom stereocenters. The van der Waals surface area contributed by atoms with Crippen LogP contribution in [0.25, 0.3) is 0 Å². The van der Waals surface area contributed by atoms with E-state index in [1.807, 2.05) is 21.1 Å². The van der Waals surface area contributed by atoms with Crippen LogP contribution in [-0.4, -0.2) is 82.3 Å². The Bertz CT molecular complexity index is 1860. The lowest BCUT2D eigenvalue weighted by molar-refractivity contribution is -0.870. The molecule has 0 fully saturated rings. The molecule has 0 N–H and O–H groups in total. The van der Waals surface area contributed by atoms with E-state index in [2.05, 4.69) is 148 Å². The van der Waals surface area contributed by atoms with Gasteiger partial charge < -0.3 is 33.3 Å². The van der Waals surface area contributed by atoms with Crippen LogP contribution in [0.3, 0.4) is 0 Å². The number of rotatable bonds is 62. The van der Waals surface area contributed by atoms with Gasteiger partial charge in [-0.25, -0.2) is 0 Å². The number of hydrogen-bond acceptors (Lipinski definition) is 8. The molecular formula is C76H127NO8. The van der Waals surface area contributed by atoms with E-state index in [-0.39, 0.29) is 38.6 Å². The molecule has 0 heterocycles. The molecule has 0 saturated heterocycles. The lowest BCUT2D eigenvalue weighted by Crippen LogP contribution is -2.44. The van der Waals surface area contributed by atoms with Crippen molar-refractivity contribution in [3.8, 4) is 0 Å². The molecule has 0 spiro atoms. The molecule has 0 aliphatic carbocycles. The number of aliphatic carboxylic acids is 1. The lowest BCUT2D eigenvalue weighted by atomic mass is 10.0. The van der Waals surface area contributed by atoms with Gasteiger partial charge in [-0.1, -0.05) is 282 Å². The number of carbonyl (C=O) groups is 3. The molecule has 0 amide bonds. The van der Waals surface area contributed by atoms with Crippen molar-refractivity contribution in [3.63, 3.8) is 0 Å². The van der Waals surface area contributed by atoms with Crippen molar-refractivity contribution in [1.29, 1.82) is 0 Å².